The lowest BCUT2D eigenvalue weighted by atomic mass is 9.44. The Balaban J connectivity index is 1.38. The molecule has 31 heavy (non-hydrogen) atoms. The molecule has 0 unspecified atom stereocenters. The number of aliphatic hydroxyl groups is 1. The van der Waals surface area contributed by atoms with Crippen molar-refractivity contribution < 1.29 is 14.6 Å². The number of carbonyl (C=O) groups excluding carboxylic acids is 1. The van der Waals surface area contributed by atoms with Crippen LogP contribution in [0.15, 0.2) is 30.3 Å². The van der Waals surface area contributed by atoms with Crippen LogP contribution in [0.5, 0.6) is 0 Å². The largest absolute Gasteiger partial charge is 0.465 e. The highest BCUT2D eigenvalue weighted by atomic mass is 16.5. The lowest BCUT2D eigenvalue weighted by molar-refractivity contribution is -0.156. The topological polar surface area (TPSA) is 46.5 Å². The minimum absolute atomic E-state index is 0.114. The van der Waals surface area contributed by atoms with Gasteiger partial charge in [-0.05, 0) is 99.0 Å². The Morgan fingerprint density at radius 2 is 1.77 bits per heavy atom. The van der Waals surface area contributed by atoms with Gasteiger partial charge in [0.25, 0.3) is 6.47 Å². The normalized spacial score (nSPS) is 46.0. The molecule has 1 aromatic carbocycles. The van der Waals surface area contributed by atoms with Crippen molar-refractivity contribution in [3.05, 3.63) is 35.9 Å². The van der Waals surface area contributed by atoms with Gasteiger partial charge in [0, 0.05) is 11.0 Å². The first kappa shape index (κ1) is 21.1. The molecule has 1 aromatic rings. The summed E-state index contributed by atoms with van der Waals surface area (Å²) in [7, 11) is 0. The van der Waals surface area contributed by atoms with Crippen molar-refractivity contribution in [3.8, 4) is 11.8 Å². The van der Waals surface area contributed by atoms with Crippen LogP contribution in [-0.4, -0.2) is 23.3 Å². The van der Waals surface area contributed by atoms with Gasteiger partial charge in [-0.1, -0.05) is 43.9 Å². The molecule has 4 aliphatic rings. The van der Waals surface area contributed by atoms with Crippen LogP contribution >= 0.6 is 0 Å². The van der Waals surface area contributed by atoms with Crippen molar-refractivity contribution in [2.45, 2.75) is 83.3 Å². The molecule has 4 saturated carbocycles. The summed E-state index contributed by atoms with van der Waals surface area (Å²) in [4.78, 5) is 10.8. The van der Waals surface area contributed by atoms with Gasteiger partial charge < -0.3 is 9.84 Å². The van der Waals surface area contributed by atoms with Gasteiger partial charge in [-0.2, -0.15) is 0 Å². The van der Waals surface area contributed by atoms with E-state index in [0.717, 1.165) is 43.6 Å². The van der Waals surface area contributed by atoms with Crippen molar-refractivity contribution in [2.75, 3.05) is 0 Å². The predicted molar refractivity (Wildman–Crippen MR) is 121 cm³/mol. The van der Waals surface area contributed by atoms with Crippen LogP contribution in [-0.2, 0) is 9.53 Å². The zero-order chi connectivity index (χ0) is 21.7. The van der Waals surface area contributed by atoms with E-state index >= 15 is 0 Å². The standard InChI is InChI=1S/C28H36O3/c1-26-14-11-22(31-19-29)18-21(26)8-9-23-24(26)12-15-27(2)25(23)13-17-28(27,30)16-10-20-6-4-3-5-7-20/h3-7,19,21-25,30H,8-9,11-15,17-18H2,1-2H3/t21-,22+,23-,24+,25+,26+,27+,28+/m1/s1. The summed E-state index contributed by atoms with van der Waals surface area (Å²) < 4.78 is 5.36. The molecular formula is C28H36O3. The minimum Gasteiger partial charge on any atom is -0.465 e. The zero-order valence-electron chi connectivity index (χ0n) is 19.0. The van der Waals surface area contributed by atoms with Gasteiger partial charge in [-0.15, -0.1) is 0 Å². The van der Waals surface area contributed by atoms with E-state index in [-0.39, 0.29) is 11.5 Å². The maximum Gasteiger partial charge on any atom is 0.293 e. The fraction of sp³-hybridized carbons (Fsp3) is 0.679. The van der Waals surface area contributed by atoms with Crippen LogP contribution in [0, 0.1) is 46.3 Å². The van der Waals surface area contributed by atoms with Gasteiger partial charge >= 0.3 is 0 Å². The average Bonchev–Trinajstić information content (AvgIpc) is 3.05. The Morgan fingerprint density at radius 3 is 2.55 bits per heavy atom. The van der Waals surface area contributed by atoms with E-state index in [1.165, 1.54) is 25.7 Å². The van der Waals surface area contributed by atoms with Crippen LogP contribution < -0.4 is 0 Å². The van der Waals surface area contributed by atoms with Gasteiger partial charge in [-0.25, -0.2) is 0 Å². The third-order valence-corrected chi connectivity index (χ3v) is 10.2. The van der Waals surface area contributed by atoms with Crippen molar-refractivity contribution in [1.29, 1.82) is 0 Å². The smallest absolute Gasteiger partial charge is 0.293 e. The SMILES string of the molecule is C[C@]12CC[C@H](OC=O)C[C@H]1CC[C@@H]1[C@@H]2CC[C@@]2(C)[C@H]1CC[C@@]2(O)C#Cc1ccccc1. The monoisotopic (exact) mass is 420 g/mol. The van der Waals surface area contributed by atoms with Crippen molar-refractivity contribution in [1.82, 2.24) is 0 Å². The van der Waals surface area contributed by atoms with Crippen molar-refractivity contribution in [2.24, 2.45) is 34.5 Å². The van der Waals surface area contributed by atoms with Crippen LogP contribution in [0.3, 0.4) is 0 Å². The quantitative estimate of drug-likeness (QED) is 0.518. The summed E-state index contributed by atoms with van der Waals surface area (Å²) in [6.07, 6.45) is 9.95. The number of benzene rings is 1. The van der Waals surface area contributed by atoms with Gasteiger partial charge in [0.05, 0.1) is 0 Å². The van der Waals surface area contributed by atoms with Gasteiger partial charge in [0.15, 0.2) is 0 Å². The van der Waals surface area contributed by atoms with Gasteiger partial charge in [0.2, 0.25) is 0 Å². The Hall–Kier alpha value is -1.79. The molecule has 0 aliphatic heterocycles. The molecule has 3 heteroatoms. The van der Waals surface area contributed by atoms with Gasteiger partial charge in [0.1, 0.15) is 11.7 Å². The van der Waals surface area contributed by atoms with E-state index in [2.05, 4.69) is 25.7 Å². The molecule has 166 valence electrons. The first-order chi connectivity index (χ1) is 14.9. The van der Waals surface area contributed by atoms with E-state index < -0.39 is 5.60 Å². The lowest BCUT2D eigenvalue weighted by Crippen LogP contribution is -2.56. The molecule has 0 bridgehead atoms. The zero-order valence-corrected chi connectivity index (χ0v) is 19.0. The maximum absolute atomic E-state index is 11.8. The number of hydrogen-bond acceptors (Lipinski definition) is 3. The highest BCUT2D eigenvalue weighted by molar-refractivity contribution is 5.38. The first-order valence-electron chi connectivity index (χ1n) is 12.3. The number of carbonyl (C=O) groups is 1. The summed E-state index contributed by atoms with van der Waals surface area (Å²) in [5.74, 6) is 9.27. The average molecular weight is 421 g/mol. The molecule has 0 heterocycles. The summed E-state index contributed by atoms with van der Waals surface area (Å²) in [5.41, 5.74) is 0.338. The predicted octanol–water partition coefficient (Wildman–Crippen LogP) is 5.35. The van der Waals surface area contributed by atoms with Crippen LogP contribution in [0.4, 0.5) is 0 Å². The minimum atomic E-state index is -0.883. The number of rotatable bonds is 2. The Kier molecular flexibility index (Phi) is 5.21. The molecule has 1 N–H and O–H groups in total. The summed E-state index contributed by atoms with van der Waals surface area (Å²) >= 11 is 0. The molecule has 5 rings (SSSR count). The second-order valence-corrected chi connectivity index (χ2v) is 11.3. The fourth-order valence-corrected chi connectivity index (χ4v) is 8.34. The summed E-state index contributed by atoms with van der Waals surface area (Å²) in [6.45, 7) is 5.48. The molecule has 0 radical (unpaired) electrons. The number of fused-ring (bicyclic) bond motifs is 5. The van der Waals surface area contributed by atoms with E-state index in [4.69, 9.17) is 4.74 Å². The van der Waals surface area contributed by atoms with E-state index in [1.54, 1.807) is 0 Å². The van der Waals surface area contributed by atoms with E-state index in [1.807, 2.05) is 30.3 Å². The lowest BCUT2D eigenvalue weighted by Gasteiger charge is -2.61. The third-order valence-electron chi connectivity index (χ3n) is 10.2. The maximum atomic E-state index is 11.8. The Labute approximate surface area is 187 Å². The molecule has 4 fully saturated rings. The van der Waals surface area contributed by atoms with Crippen LogP contribution in [0.1, 0.15) is 77.2 Å². The van der Waals surface area contributed by atoms with Crippen molar-refractivity contribution >= 4 is 6.47 Å². The molecule has 4 aliphatic carbocycles. The van der Waals surface area contributed by atoms with Crippen LogP contribution in [0.25, 0.3) is 0 Å². The summed E-state index contributed by atoms with van der Waals surface area (Å²) in [5, 5.41) is 11.8. The van der Waals surface area contributed by atoms with E-state index in [9.17, 15) is 9.90 Å². The molecular weight excluding hydrogens is 384 g/mol. The third kappa shape index (κ3) is 3.25. The first-order valence-corrected chi connectivity index (χ1v) is 12.3. The number of ether oxygens (including phenoxy) is 1. The second kappa shape index (κ2) is 7.66. The summed E-state index contributed by atoms with van der Waals surface area (Å²) in [6, 6.07) is 10.1. The molecule has 0 spiro atoms. The van der Waals surface area contributed by atoms with Gasteiger partial charge in [-0.3, -0.25) is 4.79 Å². The molecule has 0 amide bonds. The Bertz CT molecular complexity index is 885. The van der Waals surface area contributed by atoms with E-state index in [0.29, 0.717) is 29.6 Å². The molecule has 0 saturated heterocycles. The highest BCUT2D eigenvalue weighted by Crippen LogP contribution is 2.68. The Morgan fingerprint density at radius 1 is 1.00 bits per heavy atom. The fourth-order valence-electron chi connectivity index (χ4n) is 8.34. The van der Waals surface area contributed by atoms with Crippen molar-refractivity contribution in [3.63, 3.8) is 0 Å². The molecule has 0 aromatic heterocycles. The second-order valence-electron chi connectivity index (χ2n) is 11.3. The highest BCUT2D eigenvalue weighted by Gasteiger charge is 2.64. The molecule has 3 nitrogen and oxygen atoms in total. The molecule has 8 atom stereocenters. The number of hydrogen-bond donors (Lipinski definition) is 1. The van der Waals surface area contributed by atoms with Crippen LogP contribution in [0.2, 0.25) is 0 Å².